The topological polar surface area (TPSA) is 47.7 Å². The number of rotatable bonds is 5. The Bertz CT molecular complexity index is 394. The van der Waals surface area contributed by atoms with Crippen molar-refractivity contribution in [3.05, 3.63) is 29.8 Å². The van der Waals surface area contributed by atoms with E-state index >= 15 is 0 Å². The Kier molecular flexibility index (Phi) is 4.80. The molecule has 1 heterocycles. The van der Waals surface area contributed by atoms with Crippen molar-refractivity contribution in [1.82, 2.24) is 4.90 Å². The minimum Gasteiger partial charge on any atom is -0.497 e. The zero-order valence-corrected chi connectivity index (χ0v) is 12.0. The molecule has 1 fully saturated rings. The lowest BCUT2D eigenvalue weighted by Gasteiger charge is -2.29. The van der Waals surface area contributed by atoms with E-state index in [-0.39, 0.29) is 6.04 Å². The van der Waals surface area contributed by atoms with E-state index in [1.165, 1.54) is 0 Å². The Morgan fingerprint density at radius 3 is 2.47 bits per heavy atom. The van der Waals surface area contributed by atoms with E-state index in [4.69, 9.17) is 15.2 Å². The molecule has 4 heteroatoms. The van der Waals surface area contributed by atoms with Crippen molar-refractivity contribution >= 4 is 0 Å². The molecule has 0 aliphatic carbocycles. The molecular formula is C15H24N2O2. The summed E-state index contributed by atoms with van der Waals surface area (Å²) in [6.07, 6.45) is 1.45. The number of ether oxygens (including phenoxy) is 2. The molecule has 3 unspecified atom stereocenters. The van der Waals surface area contributed by atoms with E-state index in [9.17, 15) is 0 Å². The number of hydrogen-bond donors (Lipinski definition) is 1. The van der Waals surface area contributed by atoms with Gasteiger partial charge in [-0.1, -0.05) is 12.1 Å². The fraction of sp³-hybridized carbons (Fsp3) is 0.600. The van der Waals surface area contributed by atoms with Gasteiger partial charge in [0.25, 0.3) is 0 Å². The van der Waals surface area contributed by atoms with Crippen LogP contribution >= 0.6 is 0 Å². The fourth-order valence-electron chi connectivity index (χ4n) is 2.65. The zero-order valence-electron chi connectivity index (χ0n) is 12.0. The van der Waals surface area contributed by atoms with Gasteiger partial charge in [-0.3, -0.25) is 4.90 Å². The summed E-state index contributed by atoms with van der Waals surface area (Å²) >= 11 is 0. The minimum absolute atomic E-state index is 0.0153. The van der Waals surface area contributed by atoms with Gasteiger partial charge in [0.1, 0.15) is 5.75 Å². The van der Waals surface area contributed by atoms with Crippen LogP contribution in [0.25, 0.3) is 0 Å². The van der Waals surface area contributed by atoms with Crippen molar-refractivity contribution in [1.29, 1.82) is 0 Å². The van der Waals surface area contributed by atoms with Crippen LogP contribution in [-0.4, -0.2) is 44.4 Å². The van der Waals surface area contributed by atoms with Gasteiger partial charge in [0.2, 0.25) is 0 Å². The zero-order chi connectivity index (χ0) is 13.8. The molecule has 2 rings (SSSR count). The van der Waals surface area contributed by atoms with Gasteiger partial charge in [-0.2, -0.15) is 0 Å². The van der Waals surface area contributed by atoms with Gasteiger partial charge in [0.15, 0.2) is 0 Å². The molecule has 1 aliphatic heterocycles. The van der Waals surface area contributed by atoms with E-state index in [0.717, 1.165) is 30.8 Å². The number of nitrogens with zero attached hydrogens (tertiary/aromatic N) is 1. The summed E-state index contributed by atoms with van der Waals surface area (Å²) in [6.45, 7) is 4.22. The van der Waals surface area contributed by atoms with Crippen molar-refractivity contribution in [2.75, 3.05) is 27.3 Å². The maximum Gasteiger partial charge on any atom is 0.118 e. The molecule has 0 saturated carbocycles. The highest BCUT2D eigenvalue weighted by Crippen LogP contribution is 2.24. The Morgan fingerprint density at radius 1 is 1.26 bits per heavy atom. The Morgan fingerprint density at radius 2 is 1.95 bits per heavy atom. The van der Waals surface area contributed by atoms with Crippen molar-refractivity contribution in [2.24, 2.45) is 5.73 Å². The van der Waals surface area contributed by atoms with E-state index in [0.29, 0.717) is 12.1 Å². The lowest BCUT2D eigenvalue weighted by atomic mass is 10.0. The van der Waals surface area contributed by atoms with Crippen LogP contribution in [0, 0.1) is 0 Å². The molecule has 0 amide bonds. The summed E-state index contributed by atoms with van der Waals surface area (Å²) in [5.41, 5.74) is 7.52. The first-order chi connectivity index (χ1) is 9.15. The summed E-state index contributed by atoms with van der Waals surface area (Å²) in [6, 6.07) is 8.34. The lowest BCUT2D eigenvalue weighted by Crippen LogP contribution is -2.40. The number of hydrogen-bond acceptors (Lipinski definition) is 4. The maximum atomic E-state index is 6.37. The van der Waals surface area contributed by atoms with Gasteiger partial charge in [-0.15, -0.1) is 0 Å². The summed E-state index contributed by atoms with van der Waals surface area (Å²) in [7, 11) is 3.45. The number of nitrogens with two attached hydrogens (primary N) is 1. The molecule has 0 bridgehead atoms. The van der Waals surface area contributed by atoms with Crippen LogP contribution in [0.5, 0.6) is 5.75 Å². The van der Waals surface area contributed by atoms with Crippen molar-refractivity contribution in [3.63, 3.8) is 0 Å². The van der Waals surface area contributed by atoms with Crippen molar-refractivity contribution in [3.8, 4) is 5.75 Å². The molecule has 0 aromatic heterocycles. The smallest absolute Gasteiger partial charge is 0.118 e. The van der Waals surface area contributed by atoms with Crippen LogP contribution in [0.1, 0.15) is 24.9 Å². The van der Waals surface area contributed by atoms with Gasteiger partial charge >= 0.3 is 0 Å². The molecule has 0 spiro atoms. The van der Waals surface area contributed by atoms with Gasteiger partial charge in [-0.25, -0.2) is 0 Å². The molecule has 2 N–H and O–H groups in total. The predicted molar refractivity (Wildman–Crippen MR) is 76.4 cm³/mol. The van der Waals surface area contributed by atoms with Gasteiger partial charge in [-0.05, 0) is 31.0 Å². The second-order valence-corrected chi connectivity index (χ2v) is 5.18. The Labute approximate surface area is 115 Å². The van der Waals surface area contributed by atoms with E-state index in [2.05, 4.69) is 11.8 Å². The van der Waals surface area contributed by atoms with E-state index in [1.54, 1.807) is 14.2 Å². The summed E-state index contributed by atoms with van der Waals surface area (Å²) in [5.74, 6) is 0.865. The van der Waals surface area contributed by atoms with Gasteiger partial charge in [0, 0.05) is 32.3 Å². The monoisotopic (exact) mass is 264 g/mol. The highest BCUT2D eigenvalue weighted by Gasteiger charge is 2.29. The highest BCUT2D eigenvalue weighted by atomic mass is 16.5. The fourth-order valence-corrected chi connectivity index (χ4v) is 2.65. The van der Waals surface area contributed by atoms with Crippen molar-refractivity contribution in [2.45, 2.75) is 31.5 Å². The lowest BCUT2D eigenvalue weighted by molar-refractivity contribution is 0.0996. The molecule has 106 valence electrons. The van der Waals surface area contributed by atoms with Crippen LogP contribution in [0.2, 0.25) is 0 Å². The van der Waals surface area contributed by atoms with Crippen LogP contribution in [-0.2, 0) is 4.74 Å². The third-order valence-corrected chi connectivity index (χ3v) is 4.11. The molecular weight excluding hydrogens is 240 g/mol. The maximum absolute atomic E-state index is 6.37. The first-order valence-electron chi connectivity index (χ1n) is 6.82. The first-order valence-corrected chi connectivity index (χ1v) is 6.82. The second kappa shape index (κ2) is 6.37. The molecule has 1 aliphatic rings. The van der Waals surface area contributed by atoms with Crippen molar-refractivity contribution < 1.29 is 9.47 Å². The molecule has 19 heavy (non-hydrogen) atoms. The average molecular weight is 264 g/mol. The van der Waals surface area contributed by atoms with Gasteiger partial charge < -0.3 is 15.2 Å². The second-order valence-electron chi connectivity index (χ2n) is 5.18. The summed E-state index contributed by atoms with van der Waals surface area (Å²) in [5, 5.41) is 0. The van der Waals surface area contributed by atoms with E-state index < -0.39 is 0 Å². The third-order valence-electron chi connectivity index (χ3n) is 4.11. The molecule has 1 aromatic rings. The standard InChI is InChI=1S/C15H24N2O2/c1-11(17-9-8-14(10-17)19-3)15(16)12-4-6-13(18-2)7-5-12/h4-7,11,14-15H,8-10,16H2,1-3H3. The Balaban J connectivity index is 1.99. The normalized spacial score (nSPS) is 23.3. The number of benzene rings is 1. The van der Waals surface area contributed by atoms with Crippen LogP contribution in [0.3, 0.4) is 0 Å². The summed E-state index contributed by atoms with van der Waals surface area (Å²) in [4.78, 5) is 2.41. The molecule has 3 atom stereocenters. The molecule has 1 saturated heterocycles. The molecule has 1 aromatic carbocycles. The van der Waals surface area contributed by atoms with Crippen LogP contribution < -0.4 is 10.5 Å². The molecule has 0 radical (unpaired) electrons. The highest BCUT2D eigenvalue weighted by molar-refractivity contribution is 5.29. The largest absolute Gasteiger partial charge is 0.497 e. The average Bonchev–Trinajstić information content (AvgIpc) is 2.94. The summed E-state index contributed by atoms with van der Waals surface area (Å²) < 4.78 is 10.6. The quantitative estimate of drug-likeness (QED) is 0.881. The number of methoxy groups -OCH3 is 2. The SMILES string of the molecule is COc1ccc(C(N)C(C)N2CCC(OC)C2)cc1. The Hall–Kier alpha value is -1.10. The number of likely N-dealkylation sites (tertiary alicyclic amines) is 1. The van der Waals surface area contributed by atoms with E-state index in [1.807, 2.05) is 24.3 Å². The predicted octanol–water partition coefficient (Wildman–Crippen LogP) is 1.80. The minimum atomic E-state index is 0.0153. The van der Waals surface area contributed by atoms with Crippen LogP contribution in [0.15, 0.2) is 24.3 Å². The first kappa shape index (κ1) is 14.3. The van der Waals surface area contributed by atoms with Gasteiger partial charge in [0.05, 0.1) is 13.2 Å². The molecule has 4 nitrogen and oxygen atoms in total. The third kappa shape index (κ3) is 3.26. The van der Waals surface area contributed by atoms with Crippen LogP contribution in [0.4, 0.5) is 0 Å².